The smallest absolute Gasteiger partial charge is 0.243 e. The van der Waals surface area contributed by atoms with Crippen LogP contribution in [0.4, 0.5) is 10.2 Å². The van der Waals surface area contributed by atoms with Gasteiger partial charge in [-0.05, 0) is 67.3 Å². The van der Waals surface area contributed by atoms with Gasteiger partial charge in [-0.1, -0.05) is 12.0 Å². The largest absolute Gasteiger partial charge is 0.363 e. The Balaban J connectivity index is 2.12. The van der Waals surface area contributed by atoms with Gasteiger partial charge in [0.25, 0.3) is 0 Å². The summed E-state index contributed by atoms with van der Waals surface area (Å²) in [6.45, 7) is 5.78. The van der Waals surface area contributed by atoms with Crippen molar-refractivity contribution in [2.45, 2.75) is 46.0 Å². The van der Waals surface area contributed by atoms with Crippen LogP contribution in [-0.2, 0) is 13.0 Å². The number of hydrogen-bond acceptors (Lipinski definition) is 5. The maximum atomic E-state index is 13.7. The minimum absolute atomic E-state index is 0.111. The van der Waals surface area contributed by atoms with Crippen molar-refractivity contribution in [3.8, 4) is 11.8 Å². The number of nitrogens with one attached hydrogen (secondary N) is 1. The Morgan fingerprint density at radius 3 is 2.89 bits per heavy atom. The molecule has 0 amide bonds. The van der Waals surface area contributed by atoms with Gasteiger partial charge in [0, 0.05) is 10.9 Å². The Kier molecular flexibility index (Phi) is 6.00. The lowest BCUT2D eigenvalue weighted by molar-refractivity contribution is 0.304. The first-order chi connectivity index (χ1) is 12.9. The van der Waals surface area contributed by atoms with E-state index in [-0.39, 0.29) is 5.28 Å². The number of alkyl halides is 1. The lowest BCUT2D eigenvalue weighted by Gasteiger charge is -2.12. The number of fused-ring (bicyclic) bond motifs is 1. The molecule has 3 heterocycles. The fraction of sp³-hybridized carbons (Fsp3) is 0.368. The Bertz CT molecular complexity index is 1000. The summed E-state index contributed by atoms with van der Waals surface area (Å²) in [6, 6.07) is 3.42. The second-order valence-corrected chi connectivity index (χ2v) is 7.67. The zero-order valence-electron chi connectivity index (χ0n) is 15.4. The van der Waals surface area contributed by atoms with Crippen LogP contribution in [0.25, 0.3) is 5.52 Å². The molecule has 0 spiro atoms. The Labute approximate surface area is 166 Å². The van der Waals surface area contributed by atoms with E-state index in [2.05, 4.69) is 27.2 Å². The average Bonchev–Trinajstić information content (AvgIpc) is 3.22. The maximum absolute atomic E-state index is 13.7. The van der Waals surface area contributed by atoms with E-state index in [4.69, 9.17) is 17.3 Å². The van der Waals surface area contributed by atoms with Gasteiger partial charge in [-0.2, -0.15) is 4.98 Å². The van der Waals surface area contributed by atoms with Gasteiger partial charge in [-0.25, -0.2) is 8.91 Å². The summed E-state index contributed by atoms with van der Waals surface area (Å²) >= 11 is 7.82. The van der Waals surface area contributed by atoms with Gasteiger partial charge in [0.05, 0.1) is 6.54 Å². The Morgan fingerprint density at radius 2 is 2.26 bits per heavy atom. The van der Waals surface area contributed by atoms with Crippen molar-refractivity contribution >= 4 is 34.3 Å². The number of nitrogens with two attached hydrogens (primary N) is 1. The van der Waals surface area contributed by atoms with Gasteiger partial charge in [0.2, 0.25) is 5.28 Å². The zero-order chi connectivity index (χ0) is 19.6. The lowest BCUT2D eigenvalue weighted by atomic mass is 10.00. The van der Waals surface area contributed by atoms with Crippen LogP contribution in [0.5, 0.6) is 0 Å². The van der Waals surface area contributed by atoms with Gasteiger partial charge in [-0.15, -0.1) is 16.4 Å². The molecule has 0 aliphatic rings. The SMILES string of the molecule is CC#Cc1c(C[C@@H](N)[C@H](C)F)c(C)c2c(NCc3cccs3)nc(Cl)nn12. The first-order valence-corrected chi connectivity index (χ1v) is 9.84. The molecule has 0 aliphatic carbocycles. The highest BCUT2D eigenvalue weighted by atomic mass is 35.5. The monoisotopic (exact) mass is 405 g/mol. The first kappa shape index (κ1) is 19.6. The standard InChI is InChI=1S/C19H21ClFN5S/c1-4-6-16-14(9-15(22)12(3)21)11(2)17-18(24-19(20)25-26(16)17)23-10-13-7-5-8-27-13/h5,7-8,12,15H,9-10,22H2,1-3H3,(H,23,24,25)/t12-,15+/m0/s1. The minimum Gasteiger partial charge on any atom is -0.363 e. The molecular weight excluding hydrogens is 385 g/mol. The third-order valence-electron chi connectivity index (χ3n) is 4.41. The normalized spacial score (nSPS) is 13.3. The van der Waals surface area contributed by atoms with Crippen molar-refractivity contribution in [3.63, 3.8) is 0 Å². The summed E-state index contributed by atoms with van der Waals surface area (Å²) in [5.74, 6) is 6.59. The number of thiophene rings is 1. The van der Waals surface area contributed by atoms with Crippen molar-refractivity contribution in [1.29, 1.82) is 0 Å². The van der Waals surface area contributed by atoms with Gasteiger partial charge >= 0.3 is 0 Å². The fourth-order valence-electron chi connectivity index (χ4n) is 2.95. The number of aromatic nitrogens is 3. The molecular formula is C19H21ClFN5S. The second-order valence-electron chi connectivity index (χ2n) is 6.30. The van der Waals surface area contributed by atoms with Crippen molar-refractivity contribution in [2.24, 2.45) is 5.73 Å². The highest BCUT2D eigenvalue weighted by Crippen LogP contribution is 2.29. The predicted octanol–water partition coefficient (Wildman–Crippen LogP) is 3.96. The number of rotatable bonds is 6. The van der Waals surface area contributed by atoms with Crippen molar-refractivity contribution in [2.75, 3.05) is 5.32 Å². The van der Waals surface area contributed by atoms with E-state index in [1.165, 1.54) is 11.8 Å². The first-order valence-electron chi connectivity index (χ1n) is 8.58. The molecule has 27 heavy (non-hydrogen) atoms. The van der Waals surface area contributed by atoms with E-state index < -0.39 is 12.2 Å². The van der Waals surface area contributed by atoms with Crippen LogP contribution < -0.4 is 11.1 Å². The van der Waals surface area contributed by atoms with Crippen LogP contribution in [0.1, 0.15) is 35.5 Å². The molecule has 5 nitrogen and oxygen atoms in total. The van der Waals surface area contributed by atoms with E-state index in [1.54, 1.807) is 22.8 Å². The maximum Gasteiger partial charge on any atom is 0.243 e. The van der Waals surface area contributed by atoms with Crippen LogP contribution in [0.15, 0.2) is 17.5 Å². The molecule has 0 aromatic carbocycles. The summed E-state index contributed by atoms with van der Waals surface area (Å²) < 4.78 is 15.4. The van der Waals surface area contributed by atoms with Gasteiger partial charge in [0.15, 0.2) is 5.82 Å². The average molecular weight is 406 g/mol. The van der Waals surface area contributed by atoms with Crippen LogP contribution in [-0.4, -0.2) is 26.8 Å². The summed E-state index contributed by atoms with van der Waals surface area (Å²) in [5.41, 5.74) is 9.23. The molecule has 0 unspecified atom stereocenters. The Morgan fingerprint density at radius 1 is 1.48 bits per heavy atom. The number of hydrogen-bond donors (Lipinski definition) is 2. The summed E-state index contributed by atoms with van der Waals surface area (Å²) in [5, 5.41) is 9.79. The van der Waals surface area contributed by atoms with E-state index in [0.29, 0.717) is 24.5 Å². The van der Waals surface area contributed by atoms with Gasteiger partial charge < -0.3 is 11.1 Å². The van der Waals surface area contributed by atoms with Crippen molar-refractivity contribution in [3.05, 3.63) is 44.5 Å². The summed E-state index contributed by atoms with van der Waals surface area (Å²) in [4.78, 5) is 5.54. The lowest BCUT2D eigenvalue weighted by Crippen LogP contribution is -2.32. The predicted molar refractivity (Wildman–Crippen MR) is 109 cm³/mol. The molecule has 3 rings (SSSR count). The molecule has 0 fully saturated rings. The number of halogens is 2. The van der Waals surface area contributed by atoms with E-state index >= 15 is 0 Å². The van der Waals surface area contributed by atoms with Crippen LogP contribution in [0.2, 0.25) is 5.28 Å². The molecule has 3 aromatic rings. The number of nitrogens with zero attached hydrogens (tertiary/aromatic N) is 3. The number of aryl methyl sites for hydroxylation is 1. The summed E-state index contributed by atoms with van der Waals surface area (Å²) in [7, 11) is 0. The molecule has 3 aromatic heterocycles. The topological polar surface area (TPSA) is 68.2 Å². The van der Waals surface area contributed by atoms with Gasteiger partial charge in [0.1, 0.15) is 17.4 Å². The van der Waals surface area contributed by atoms with Crippen molar-refractivity contribution < 1.29 is 4.39 Å². The minimum atomic E-state index is -1.12. The Hall–Kier alpha value is -2.14. The van der Waals surface area contributed by atoms with Gasteiger partial charge in [-0.3, -0.25) is 0 Å². The quantitative estimate of drug-likeness (QED) is 0.609. The third-order valence-corrected chi connectivity index (χ3v) is 5.45. The molecule has 0 saturated heterocycles. The van der Waals surface area contributed by atoms with E-state index in [9.17, 15) is 4.39 Å². The molecule has 0 aliphatic heterocycles. The van der Waals surface area contributed by atoms with E-state index in [1.807, 2.05) is 24.4 Å². The fourth-order valence-corrected chi connectivity index (χ4v) is 3.75. The molecule has 2 atom stereocenters. The molecule has 8 heteroatoms. The van der Waals surface area contributed by atoms with Crippen molar-refractivity contribution in [1.82, 2.24) is 14.6 Å². The number of anilines is 1. The van der Waals surface area contributed by atoms with Crippen LogP contribution in [0, 0.1) is 18.8 Å². The molecule has 0 bridgehead atoms. The third kappa shape index (κ3) is 4.08. The second kappa shape index (κ2) is 8.26. The van der Waals surface area contributed by atoms with Crippen LogP contribution in [0.3, 0.4) is 0 Å². The summed E-state index contributed by atoms with van der Waals surface area (Å²) in [6.07, 6.45) is -0.764. The zero-order valence-corrected chi connectivity index (χ0v) is 17.0. The van der Waals surface area contributed by atoms with E-state index in [0.717, 1.165) is 16.6 Å². The molecule has 0 saturated carbocycles. The van der Waals surface area contributed by atoms with Crippen LogP contribution >= 0.6 is 22.9 Å². The molecule has 3 N–H and O–H groups in total. The molecule has 142 valence electrons. The highest BCUT2D eigenvalue weighted by Gasteiger charge is 2.23. The molecule has 0 radical (unpaired) electrons. The highest BCUT2D eigenvalue weighted by molar-refractivity contribution is 7.09.